The molecule has 1 aromatic carbocycles. The number of carboxylic acids is 1. The topological polar surface area (TPSA) is 72.5 Å². The van der Waals surface area contributed by atoms with E-state index in [0.29, 0.717) is 5.75 Å². The lowest BCUT2D eigenvalue weighted by molar-refractivity contribution is -0.138. The van der Waals surface area contributed by atoms with E-state index in [4.69, 9.17) is 22.0 Å². The molecule has 1 aromatic rings. The Hall–Kier alpha value is -1.99. The third-order valence-corrected chi connectivity index (χ3v) is 2.04. The summed E-state index contributed by atoms with van der Waals surface area (Å²) in [6.45, 7) is 0.152. The molecule has 0 spiro atoms. The first-order chi connectivity index (χ1) is 7.65. The van der Waals surface area contributed by atoms with Gasteiger partial charge in [-0.3, -0.25) is 4.79 Å². The predicted molar refractivity (Wildman–Crippen MR) is 60.1 cm³/mol. The highest BCUT2D eigenvalue weighted by Gasteiger charge is 2.14. The van der Waals surface area contributed by atoms with Crippen molar-refractivity contribution in [3.8, 4) is 18.1 Å². The third-order valence-electron chi connectivity index (χ3n) is 2.04. The maximum absolute atomic E-state index is 10.6. The Morgan fingerprint density at radius 3 is 2.88 bits per heavy atom. The van der Waals surface area contributed by atoms with Crippen LogP contribution in [0, 0.1) is 12.3 Å². The standard InChI is InChI=1S/C12H13NO3/c1-2-7-16-11-6-4-3-5-9(11)8-10(13)12(14)15/h1,3-6,10H,7-8,13H2,(H,14,15)/t10-/m0/s1. The van der Waals surface area contributed by atoms with Crippen LogP contribution in [0.25, 0.3) is 0 Å². The zero-order chi connectivity index (χ0) is 12.0. The van der Waals surface area contributed by atoms with E-state index in [1.54, 1.807) is 24.3 Å². The minimum absolute atomic E-state index is 0.152. The van der Waals surface area contributed by atoms with Gasteiger partial charge in [-0.05, 0) is 11.6 Å². The Kier molecular flexibility index (Phi) is 4.37. The highest BCUT2D eigenvalue weighted by Crippen LogP contribution is 2.19. The van der Waals surface area contributed by atoms with E-state index in [-0.39, 0.29) is 13.0 Å². The molecule has 84 valence electrons. The smallest absolute Gasteiger partial charge is 0.320 e. The van der Waals surface area contributed by atoms with Crippen LogP contribution < -0.4 is 10.5 Å². The van der Waals surface area contributed by atoms with Crippen LogP contribution in [0.3, 0.4) is 0 Å². The molecule has 0 bridgehead atoms. The largest absolute Gasteiger partial charge is 0.481 e. The molecule has 0 aliphatic rings. The van der Waals surface area contributed by atoms with E-state index >= 15 is 0 Å². The molecular weight excluding hydrogens is 206 g/mol. The average Bonchev–Trinajstić information content (AvgIpc) is 2.27. The Morgan fingerprint density at radius 1 is 1.56 bits per heavy atom. The summed E-state index contributed by atoms with van der Waals surface area (Å²) < 4.78 is 5.28. The fourth-order valence-corrected chi connectivity index (χ4v) is 1.26. The Labute approximate surface area is 94.0 Å². The first-order valence-corrected chi connectivity index (χ1v) is 4.77. The van der Waals surface area contributed by atoms with E-state index in [1.807, 2.05) is 0 Å². The highest BCUT2D eigenvalue weighted by atomic mass is 16.5. The van der Waals surface area contributed by atoms with Crippen molar-refractivity contribution in [2.24, 2.45) is 5.73 Å². The van der Waals surface area contributed by atoms with Gasteiger partial charge in [0.25, 0.3) is 0 Å². The number of terminal acetylenes is 1. The van der Waals surface area contributed by atoms with Gasteiger partial charge in [-0.1, -0.05) is 24.1 Å². The molecule has 0 saturated carbocycles. The minimum atomic E-state index is -1.04. The van der Waals surface area contributed by atoms with Gasteiger partial charge in [-0.2, -0.15) is 0 Å². The number of para-hydroxylation sites is 1. The summed E-state index contributed by atoms with van der Waals surface area (Å²) in [6, 6.07) is 6.17. The monoisotopic (exact) mass is 219 g/mol. The number of ether oxygens (including phenoxy) is 1. The number of hydrogen-bond donors (Lipinski definition) is 2. The second-order valence-electron chi connectivity index (χ2n) is 3.25. The van der Waals surface area contributed by atoms with Gasteiger partial charge in [0.2, 0.25) is 0 Å². The van der Waals surface area contributed by atoms with Crippen molar-refractivity contribution in [3.63, 3.8) is 0 Å². The molecule has 1 rings (SSSR count). The molecule has 0 saturated heterocycles. The van der Waals surface area contributed by atoms with Crippen LogP contribution in [0.2, 0.25) is 0 Å². The summed E-state index contributed by atoms with van der Waals surface area (Å²) in [4.78, 5) is 10.6. The van der Waals surface area contributed by atoms with Gasteiger partial charge in [0.15, 0.2) is 0 Å². The van der Waals surface area contributed by atoms with Crippen molar-refractivity contribution < 1.29 is 14.6 Å². The molecule has 0 aliphatic heterocycles. The zero-order valence-corrected chi connectivity index (χ0v) is 8.72. The lowest BCUT2D eigenvalue weighted by Gasteiger charge is -2.11. The van der Waals surface area contributed by atoms with E-state index in [1.165, 1.54) is 0 Å². The number of rotatable bonds is 5. The molecular formula is C12H13NO3. The molecule has 0 aromatic heterocycles. The summed E-state index contributed by atoms with van der Waals surface area (Å²) in [6.07, 6.45) is 5.30. The molecule has 1 atom stereocenters. The number of carboxylic acid groups (broad SMARTS) is 1. The molecule has 0 amide bonds. The van der Waals surface area contributed by atoms with Crippen molar-refractivity contribution in [3.05, 3.63) is 29.8 Å². The maximum atomic E-state index is 10.6. The SMILES string of the molecule is C#CCOc1ccccc1C[C@H](N)C(=O)O. The van der Waals surface area contributed by atoms with Crippen LogP contribution >= 0.6 is 0 Å². The Balaban J connectivity index is 2.78. The molecule has 4 nitrogen and oxygen atoms in total. The predicted octanol–water partition coefficient (Wildman–Crippen LogP) is 0.653. The maximum Gasteiger partial charge on any atom is 0.320 e. The molecule has 0 radical (unpaired) electrons. The van der Waals surface area contributed by atoms with Crippen molar-refractivity contribution in [2.45, 2.75) is 12.5 Å². The van der Waals surface area contributed by atoms with Crippen LogP contribution in [0.1, 0.15) is 5.56 Å². The van der Waals surface area contributed by atoms with Crippen LogP contribution in [-0.2, 0) is 11.2 Å². The second-order valence-corrected chi connectivity index (χ2v) is 3.25. The number of aliphatic carboxylic acids is 1. The third kappa shape index (κ3) is 3.30. The van der Waals surface area contributed by atoms with Crippen LogP contribution in [0.4, 0.5) is 0 Å². The average molecular weight is 219 g/mol. The van der Waals surface area contributed by atoms with Gasteiger partial charge < -0.3 is 15.6 Å². The van der Waals surface area contributed by atoms with Gasteiger partial charge in [0.05, 0.1) is 0 Å². The van der Waals surface area contributed by atoms with E-state index in [2.05, 4.69) is 5.92 Å². The fraction of sp³-hybridized carbons (Fsp3) is 0.250. The van der Waals surface area contributed by atoms with Gasteiger partial charge in [-0.15, -0.1) is 6.42 Å². The quantitative estimate of drug-likeness (QED) is 0.713. The molecule has 16 heavy (non-hydrogen) atoms. The van der Waals surface area contributed by atoms with Crippen LogP contribution in [0.15, 0.2) is 24.3 Å². The van der Waals surface area contributed by atoms with Gasteiger partial charge in [0.1, 0.15) is 18.4 Å². The zero-order valence-electron chi connectivity index (χ0n) is 8.72. The minimum Gasteiger partial charge on any atom is -0.481 e. The van der Waals surface area contributed by atoms with Crippen molar-refractivity contribution in [1.29, 1.82) is 0 Å². The first-order valence-electron chi connectivity index (χ1n) is 4.77. The van der Waals surface area contributed by atoms with Gasteiger partial charge >= 0.3 is 5.97 Å². The lowest BCUT2D eigenvalue weighted by atomic mass is 10.1. The number of benzene rings is 1. The summed E-state index contributed by atoms with van der Waals surface area (Å²) in [5, 5.41) is 8.71. The van der Waals surface area contributed by atoms with Crippen molar-refractivity contribution in [1.82, 2.24) is 0 Å². The number of hydrogen-bond acceptors (Lipinski definition) is 3. The molecule has 0 aliphatic carbocycles. The molecule has 0 fully saturated rings. The normalized spacial score (nSPS) is 11.5. The van der Waals surface area contributed by atoms with E-state index < -0.39 is 12.0 Å². The van der Waals surface area contributed by atoms with Crippen molar-refractivity contribution in [2.75, 3.05) is 6.61 Å². The Bertz CT molecular complexity index is 409. The molecule has 0 heterocycles. The summed E-state index contributed by atoms with van der Waals surface area (Å²) in [7, 11) is 0. The Morgan fingerprint density at radius 2 is 2.25 bits per heavy atom. The van der Waals surface area contributed by atoms with Gasteiger partial charge in [0, 0.05) is 6.42 Å². The lowest BCUT2D eigenvalue weighted by Crippen LogP contribution is -2.32. The van der Waals surface area contributed by atoms with E-state index in [0.717, 1.165) is 5.56 Å². The number of nitrogens with two attached hydrogens (primary N) is 1. The van der Waals surface area contributed by atoms with E-state index in [9.17, 15) is 4.79 Å². The molecule has 4 heteroatoms. The summed E-state index contributed by atoms with van der Waals surface area (Å²) in [5.41, 5.74) is 6.19. The van der Waals surface area contributed by atoms with Crippen LogP contribution in [0.5, 0.6) is 5.75 Å². The molecule has 0 unspecified atom stereocenters. The van der Waals surface area contributed by atoms with Gasteiger partial charge in [-0.25, -0.2) is 0 Å². The molecule has 3 N–H and O–H groups in total. The highest BCUT2D eigenvalue weighted by molar-refractivity contribution is 5.73. The summed E-state index contributed by atoms with van der Waals surface area (Å²) >= 11 is 0. The number of carbonyl (C=O) groups is 1. The van der Waals surface area contributed by atoms with Crippen LogP contribution in [-0.4, -0.2) is 23.7 Å². The first kappa shape index (κ1) is 12.1. The fourth-order valence-electron chi connectivity index (χ4n) is 1.26. The second kappa shape index (κ2) is 5.79. The van der Waals surface area contributed by atoms with Crippen molar-refractivity contribution >= 4 is 5.97 Å². The summed E-state index contributed by atoms with van der Waals surface area (Å²) in [5.74, 6) is 1.89.